The molecule has 2 rings (SSSR count). The molecule has 0 atom stereocenters. The third-order valence-corrected chi connectivity index (χ3v) is 4.20. The van der Waals surface area contributed by atoms with Crippen molar-refractivity contribution in [2.75, 3.05) is 17.7 Å². The van der Waals surface area contributed by atoms with Gasteiger partial charge in [0.25, 0.3) is 0 Å². The fraction of sp³-hybridized carbons (Fsp3) is 0.200. The normalized spacial score (nSPS) is 12.8. The van der Waals surface area contributed by atoms with E-state index in [-0.39, 0.29) is 33.4 Å². The summed E-state index contributed by atoms with van der Waals surface area (Å²) in [5.74, 6) is 0.752. The molecule has 0 aliphatic heterocycles. The van der Waals surface area contributed by atoms with Crippen LogP contribution >= 0.6 is 0 Å². The second kappa shape index (κ2) is 13.7. The van der Waals surface area contributed by atoms with Crippen molar-refractivity contribution < 1.29 is 26.3 Å². The summed E-state index contributed by atoms with van der Waals surface area (Å²) in [6.45, 7) is 3.48. The van der Waals surface area contributed by atoms with Gasteiger partial charge in [-0.2, -0.15) is 20.4 Å². The van der Waals surface area contributed by atoms with Gasteiger partial charge in [-0.3, -0.25) is 0 Å². The first kappa shape index (κ1) is 26.4. The van der Waals surface area contributed by atoms with E-state index in [4.69, 9.17) is 35.1 Å². The van der Waals surface area contributed by atoms with E-state index in [0.29, 0.717) is 11.4 Å². The zero-order valence-corrected chi connectivity index (χ0v) is 19.7. The molecule has 8 nitrogen and oxygen atoms in total. The molecular weight excluding hydrogens is 479 g/mol. The fourth-order valence-corrected chi connectivity index (χ4v) is 2.37. The van der Waals surface area contributed by atoms with Crippen LogP contribution in [-0.4, -0.2) is 34.0 Å². The number of benzene rings is 2. The molecule has 0 fully saturated rings. The Kier molecular flexibility index (Phi) is 11.7. The summed E-state index contributed by atoms with van der Waals surface area (Å²) in [4.78, 5) is 0. The van der Waals surface area contributed by atoms with Crippen LogP contribution < -0.4 is 15.4 Å². The molecule has 0 unspecified atom stereocenters. The number of nitrogens with zero attached hydrogens (tertiary/aromatic N) is 4. The number of hydrogen-bond donors (Lipinski definition) is 3. The standard InChI is InChI=1S/C20H24N6O2S2.Ni/c1-13(23-25-19(29)21-16-6-4-15(12-27)5-7-16)14(2)24-26-20(30)22-17-8-10-18(28-3)11-9-17;/h4-11,27H,12H2,1-3H3,(H2,21,25,29)(H2,22,26,30);/q;+2/p-2/b23-13+,24-14+;. The van der Waals surface area contributed by atoms with E-state index in [0.717, 1.165) is 22.7 Å². The Labute approximate surface area is 202 Å². The molecule has 0 saturated heterocycles. The third-order valence-electron chi connectivity index (χ3n) is 3.83. The molecule has 0 aliphatic rings. The molecule has 0 amide bonds. The first-order valence-corrected chi connectivity index (χ1v) is 9.69. The van der Waals surface area contributed by atoms with Crippen LogP contribution in [-0.2, 0) is 48.4 Å². The monoisotopic (exact) mass is 500 g/mol. The number of nitrogens with one attached hydrogen (secondary N) is 2. The quantitative estimate of drug-likeness (QED) is 0.177. The summed E-state index contributed by atoms with van der Waals surface area (Å²) >= 11 is 10.3. The van der Waals surface area contributed by atoms with Crippen molar-refractivity contribution in [3.8, 4) is 5.75 Å². The number of aliphatic hydroxyl groups is 1. The first-order chi connectivity index (χ1) is 14.4. The molecule has 0 bridgehead atoms. The van der Waals surface area contributed by atoms with Gasteiger partial charge in [0, 0.05) is 21.7 Å². The number of aliphatic hydroxyl groups excluding tert-OH is 1. The zero-order valence-electron chi connectivity index (χ0n) is 17.1. The molecule has 2 aromatic rings. The molecule has 0 heterocycles. The second-order valence-corrected chi connectivity index (χ2v) is 6.79. The zero-order chi connectivity index (χ0) is 21.9. The number of anilines is 2. The van der Waals surface area contributed by atoms with Crippen LogP contribution in [0.4, 0.5) is 11.4 Å². The maximum Gasteiger partial charge on any atom is 2.00 e. The molecule has 2 aromatic carbocycles. The van der Waals surface area contributed by atoms with Gasteiger partial charge in [0.2, 0.25) is 0 Å². The molecule has 0 aromatic heterocycles. The Hall–Kier alpha value is -2.59. The number of hydrogen-bond acceptors (Lipinski definition) is 8. The van der Waals surface area contributed by atoms with Gasteiger partial charge in [0.15, 0.2) is 0 Å². The average molecular weight is 501 g/mol. The van der Waals surface area contributed by atoms with Crippen LogP contribution in [0.5, 0.6) is 5.75 Å². The van der Waals surface area contributed by atoms with Crippen LogP contribution in [0, 0.1) is 0 Å². The Morgan fingerprint density at radius 3 is 1.61 bits per heavy atom. The summed E-state index contributed by atoms with van der Waals surface area (Å²) in [5.41, 5.74) is 3.44. The van der Waals surface area contributed by atoms with Crippen molar-refractivity contribution >= 4 is 58.4 Å². The van der Waals surface area contributed by atoms with Gasteiger partial charge in [-0.1, -0.05) is 12.1 Å². The van der Waals surface area contributed by atoms with E-state index >= 15 is 0 Å². The molecule has 0 saturated carbocycles. The van der Waals surface area contributed by atoms with E-state index in [9.17, 15) is 0 Å². The molecule has 0 radical (unpaired) electrons. The summed E-state index contributed by atoms with van der Waals surface area (Å²) in [6, 6.07) is 14.5. The minimum Gasteiger partial charge on any atom is -0.741 e. The molecule has 0 spiro atoms. The minimum absolute atomic E-state index is 0. The van der Waals surface area contributed by atoms with Crippen LogP contribution in [0.25, 0.3) is 0 Å². The summed E-state index contributed by atoms with van der Waals surface area (Å²) in [5, 5.41) is 31.5. The molecule has 11 heteroatoms. The van der Waals surface area contributed by atoms with E-state index in [1.807, 2.05) is 24.3 Å². The van der Waals surface area contributed by atoms with E-state index in [1.54, 1.807) is 45.2 Å². The Balaban J connectivity index is 0.00000480. The molecular formula is C20H22N6NiO2S2. The first-order valence-electron chi connectivity index (χ1n) is 8.88. The van der Waals surface area contributed by atoms with Crippen LogP contribution in [0.3, 0.4) is 0 Å². The van der Waals surface area contributed by atoms with Crippen molar-refractivity contribution in [2.24, 2.45) is 20.4 Å². The molecule has 31 heavy (non-hydrogen) atoms. The van der Waals surface area contributed by atoms with Crippen LogP contribution in [0.2, 0.25) is 0 Å². The van der Waals surface area contributed by atoms with Crippen molar-refractivity contribution in [1.82, 2.24) is 0 Å². The van der Waals surface area contributed by atoms with Gasteiger partial charge in [0.05, 0.1) is 25.1 Å². The average Bonchev–Trinajstić information content (AvgIpc) is 2.76. The maximum absolute atomic E-state index is 9.06. The van der Waals surface area contributed by atoms with Gasteiger partial charge >= 0.3 is 16.5 Å². The minimum atomic E-state index is -0.0126. The molecule has 0 aliphatic carbocycles. The van der Waals surface area contributed by atoms with Crippen molar-refractivity contribution in [3.63, 3.8) is 0 Å². The maximum atomic E-state index is 9.06. The van der Waals surface area contributed by atoms with Gasteiger partial charge in [0.1, 0.15) is 5.75 Å². The second-order valence-electron chi connectivity index (χ2n) is 6.01. The number of methoxy groups -OCH3 is 1. The predicted molar refractivity (Wildman–Crippen MR) is 128 cm³/mol. The molecule has 166 valence electrons. The van der Waals surface area contributed by atoms with Crippen LogP contribution in [0.1, 0.15) is 19.4 Å². The number of rotatable bonds is 7. The summed E-state index contributed by atoms with van der Waals surface area (Å²) in [6.07, 6.45) is 0. The Morgan fingerprint density at radius 1 is 0.806 bits per heavy atom. The predicted octanol–water partition coefficient (Wildman–Crippen LogP) is 3.27. The van der Waals surface area contributed by atoms with E-state index in [1.165, 1.54) is 0 Å². The number of ether oxygens (including phenoxy) is 1. The SMILES string of the molecule is COc1ccc(N/C([S-])=N/N=C(C)/C(C)=N/N=C(\[S-])Nc2ccc(CO)cc2)cc1.[Ni+2]. The van der Waals surface area contributed by atoms with Gasteiger partial charge < -0.3 is 45.7 Å². The number of amidine groups is 2. The van der Waals surface area contributed by atoms with Gasteiger partial charge in [-0.15, -0.1) is 0 Å². The fourth-order valence-electron chi connectivity index (χ4n) is 2.05. The Bertz CT molecular complexity index is 881. The van der Waals surface area contributed by atoms with Crippen molar-refractivity contribution in [2.45, 2.75) is 20.5 Å². The van der Waals surface area contributed by atoms with Crippen molar-refractivity contribution in [3.05, 3.63) is 54.1 Å². The summed E-state index contributed by atoms with van der Waals surface area (Å²) < 4.78 is 5.11. The Morgan fingerprint density at radius 2 is 1.23 bits per heavy atom. The molecule has 3 N–H and O–H groups in total. The van der Waals surface area contributed by atoms with Gasteiger partial charge in [-0.05, 0) is 55.8 Å². The van der Waals surface area contributed by atoms with E-state index < -0.39 is 0 Å². The largest absolute Gasteiger partial charge is 2.00 e. The third kappa shape index (κ3) is 9.39. The topological polar surface area (TPSA) is 103 Å². The van der Waals surface area contributed by atoms with Crippen LogP contribution in [0.15, 0.2) is 68.9 Å². The van der Waals surface area contributed by atoms with Gasteiger partial charge in [-0.25, -0.2) is 0 Å². The van der Waals surface area contributed by atoms with Crippen molar-refractivity contribution in [1.29, 1.82) is 0 Å². The smallest absolute Gasteiger partial charge is 0.741 e. The van der Waals surface area contributed by atoms with E-state index in [2.05, 4.69) is 31.0 Å². The summed E-state index contributed by atoms with van der Waals surface area (Å²) in [7, 11) is 1.61.